The number of anilines is 1. The van der Waals surface area contributed by atoms with Crippen molar-refractivity contribution in [1.29, 1.82) is 0 Å². The highest BCUT2D eigenvalue weighted by atomic mass is 16.5. The van der Waals surface area contributed by atoms with Gasteiger partial charge in [0.05, 0.1) is 13.2 Å². The molecule has 2 aromatic rings. The Labute approximate surface area is 167 Å². The minimum Gasteiger partial charge on any atom is -0.493 e. The molecule has 1 heterocycles. The van der Waals surface area contributed by atoms with E-state index in [1.54, 1.807) is 19.2 Å². The summed E-state index contributed by atoms with van der Waals surface area (Å²) in [5.41, 5.74) is 2.34. The highest BCUT2D eigenvalue weighted by molar-refractivity contribution is 5.78. The van der Waals surface area contributed by atoms with E-state index in [-0.39, 0.29) is 18.6 Å². The van der Waals surface area contributed by atoms with Gasteiger partial charge >= 0.3 is 0 Å². The minimum atomic E-state index is -0.160. The molecule has 0 radical (unpaired) electrons. The van der Waals surface area contributed by atoms with Crippen LogP contribution in [0, 0.1) is 5.92 Å². The summed E-state index contributed by atoms with van der Waals surface area (Å²) < 4.78 is 10.8. The molecule has 0 saturated carbocycles. The fraction of sp³-hybridized carbons (Fsp3) is 0.435. The Hall–Kier alpha value is -2.69. The van der Waals surface area contributed by atoms with Crippen LogP contribution in [0.4, 0.5) is 5.69 Å². The molecule has 1 fully saturated rings. The molecule has 0 aromatic heterocycles. The van der Waals surface area contributed by atoms with Gasteiger partial charge in [0.1, 0.15) is 0 Å². The first-order valence-electron chi connectivity index (χ1n) is 9.97. The number of hydrogen-bond acceptors (Lipinski definition) is 4. The van der Waals surface area contributed by atoms with Crippen molar-refractivity contribution in [3.63, 3.8) is 0 Å². The Bertz CT molecular complexity index is 776. The Kier molecular flexibility index (Phi) is 6.80. The maximum Gasteiger partial charge on any atom is 0.258 e. The highest BCUT2D eigenvalue weighted by Gasteiger charge is 2.17. The van der Waals surface area contributed by atoms with Crippen LogP contribution in [0.1, 0.15) is 38.3 Å². The number of ether oxygens (including phenoxy) is 2. The third kappa shape index (κ3) is 5.18. The maximum atomic E-state index is 12.3. The second-order valence-corrected chi connectivity index (χ2v) is 7.51. The lowest BCUT2D eigenvalue weighted by atomic mass is 9.99. The molecule has 28 heavy (non-hydrogen) atoms. The monoisotopic (exact) mass is 382 g/mol. The summed E-state index contributed by atoms with van der Waals surface area (Å²) in [7, 11) is 1.58. The fourth-order valence-corrected chi connectivity index (χ4v) is 3.65. The second kappa shape index (κ2) is 9.49. The molecule has 0 aliphatic carbocycles. The summed E-state index contributed by atoms with van der Waals surface area (Å²) in [6, 6.07) is 15.7. The highest BCUT2D eigenvalue weighted by Crippen LogP contribution is 2.26. The molecule has 2 aromatic carbocycles. The molecule has 0 spiro atoms. The number of hydrogen-bond donors (Lipinski definition) is 1. The lowest BCUT2D eigenvalue weighted by Gasteiger charge is -2.33. The Morgan fingerprint density at radius 2 is 1.89 bits per heavy atom. The molecule has 3 rings (SSSR count). The molecule has 5 heteroatoms. The van der Waals surface area contributed by atoms with Gasteiger partial charge in [0.15, 0.2) is 18.1 Å². The van der Waals surface area contributed by atoms with Crippen LogP contribution in [-0.4, -0.2) is 32.7 Å². The molecule has 1 amide bonds. The van der Waals surface area contributed by atoms with Gasteiger partial charge in [0.2, 0.25) is 0 Å². The topological polar surface area (TPSA) is 50.8 Å². The van der Waals surface area contributed by atoms with Gasteiger partial charge in [-0.15, -0.1) is 0 Å². The largest absolute Gasteiger partial charge is 0.493 e. The molecule has 150 valence electrons. The summed E-state index contributed by atoms with van der Waals surface area (Å²) in [5, 5.41) is 2.99. The smallest absolute Gasteiger partial charge is 0.258 e. The third-order valence-corrected chi connectivity index (χ3v) is 5.22. The predicted molar refractivity (Wildman–Crippen MR) is 112 cm³/mol. The number of para-hydroxylation sites is 2. The molecule has 0 bridgehead atoms. The van der Waals surface area contributed by atoms with Crippen LogP contribution in [0.15, 0.2) is 48.5 Å². The normalized spacial score (nSPS) is 17.7. The van der Waals surface area contributed by atoms with E-state index in [4.69, 9.17) is 9.47 Å². The van der Waals surface area contributed by atoms with Crippen LogP contribution < -0.4 is 19.7 Å². The van der Waals surface area contributed by atoms with Gasteiger partial charge in [-0.1, -0.05) is 31.2 Å². The molecule has 1 saturated heterocycles. The number of carbonyl (C=O) groups is 1. The summed E-state index contributed by atoms with van der Waals surface area (Å²) in [4.78, 5) is 14.7. The maximum absolute atomic E-state index is 12.3. The van der Waals surface area contributed by atoms with Crippen molar-refractivity contribution in [3.05, 3.63) is 54.1 Å². The van der Waals surface area contributed by atoms with E-state index < -0.39 is 0 Å². The number of nitrogens with one attached hydrogen (secondary N) is 1. The fourth-order valence-electron chi connectivity index (χ4n) is 3.65. The molecule has 5 nitrogen and oxygen atoms in total. The van der Waals surface area contributed by atoms with Crippen molar-refractivity contribution in [2.75, 3.05) is 31.7 Å². The quantitative estimate of drug-likeness (QED) is 0.780. The zero-order valence-corrected chi connectivity index (χ0v) is 17.0. The Morgan fingerprint density at radius 1 is 1.18 bits per heavy atom. The minimum absolute atomic E-state index is 0.0472. The number of methoxy groups -OCH3 is 1. The van der Waals surface area contributed by atoms with E-state index in [9.17, 15) is 4.79 Å². The Morgan fingerprint density at radius 3 is 2.57 bits per heavy atom. The van der Waals surface area contributed by atoms with Gasteiger partial charge in [-0.2, -0.15) is 0 Å². The molecule has 1 aliphatic heterocycles. The predicted octanol–water partition coefficient (Wildman–Crippen LogP) is 4.19. The second-order valence-electron chi connectivity index (χ2n) is 7.51. The first kappa shape index (κ1) is 20.1. The number of carbonyl (C=O) groups excluding carboxylic acids is 1. The first-order chi connectivity index (χ1) is 13.6. The molecule has 1 aliphatic rings. The molecule has 0 unspecified atom stereocenters. The lowest BCUT2D eigenvalue weighted by molar-refractivity contribution is -0.123. The first-order valence-corrected chi connectivity index (χ1v) is 9.97. The van der Waals surface area contributed by atoms with E-state index in [0.29, 0.717) is 11.5 Å². The molecular weight excluding hydrogens is 352 g/mol. The SMILES string of the molecule is COc1ccccc1OCC(=O)N[C@@H](C)c1ccc(N2CCC[C@@H](C)C2)cc1. The average molecular weight is 383 g/mol. The number of nitrogens with zero attached hydrogens (tertiary/aromatic N) is 1. The van der Waals surface area contributed by atoms with Gasteiger partial charge in [0, 0.05) is 18.8 Å². The van der Waals surface area contributed by atoms with Crippen LogP contribution in [0.2, 0.25) is 0 Å². The van der Waals surface area contributed by atoms with Crippen molar-refractivity contribution >= 4 is 11.6 Å². The zero-order valence-electron chi connectivity index (χ0n) is 17.0. The van der Waals surface area contributed by atoms with E-state index in [1.807, 2.05) is 19.1 Å². The van der Waals surface area contributed by atoms with E-state index in [2.05, 4.69) is 41.4 Å². The van der Waals surface area contributed by atoms with Crippen molar-refractivity contribution in [1.82, 2.24) is 5.32 Å². The van der Waals surface area contributed by atoms with Crippen LogP contribution in [0.5, 0.6) is 11.5 Å². The standard InChI is InChI=1S/C23H30N2O3/c1-17-7-6-14-25(15-17)20-12-10-19(11-13-20)18(2)24-23(26)16-28-22-9-5-4-8-21(22)27-3/h4-5,8-13,17-18H,6-7,14-16H2,1-3H3,(H,24,26)/t17-,18+/m1/s1. The van der Waals surface area contributed by atoms with Crippen molar-refractivity contribution in [2.45, 2.75) is 32.7 Å². The molecule has 2 atom stereocenters. The van der Waals surface area contributed by atoms with Crippen molar-refractivity contribution < 1.29 is 14.3 Å². The molecule has 1 N–H and O–H groups in total. The van der Waals surface area contributed by atoms with Crippen molar-refractivity contribution in [2.24, 2.45) is 5.92 Å². The lowest BCUT2D eigenvalue weighted by Crippen LogP contribution is -2.34. The average Bonchev–Trinajstić information content (AvgIpc) is 2.72. The molecular formula is C23H30N2O3. The number of rotatable bonds is 7. The summed E-state index contributed by atoms with van der Waals surface area (Å²) in [6.45, 7) is 6.49. The summed E-state index contributed by atoms with van der Waals surface area (Å²) in [5.74, 6) is 1.76. The van der Waals surface area contributed by atoms with Gasteiger partial charge in [-0.3, -0.25) is 4.79 Å². The number of piperidine rings is 1. The van der Waals surface area contributed by atoms with E-state index in [1.165, 1.54) is 18.5 Å². The van der Waals surface area contributed by atoms with E-state index >= 15 is 0 Å². The zero-order chi connectivity index (χ0) is 19.9. The number of amides is 1. The van der Waals surface area contributed by atoms with Gasteiger partial charge in [-0.05, 0) is 55.5 Å². The number of benzene rings is 2. The van der Waals surface area contributed by atoms with Gasteiger partial charge in [0.25, 0.3) is 5.91 Å². The summed E-state index contributed by atoms with van der Waals surface area (Å²) in [6.07, 6.45) is 2.57. The summed E-state index contributed by atoms with van der Waals surface area (Å²) >= 11 is 0. The third-order valence-electron chi connectivity index (χ3n) is 5.22. The van der Waals surface area contributed by atoms with E-state index in [0.717, 1.165) is 24.6 Å². The van der Waals surface area contributed by atoms with Crippen LogP contribution in [0.25, 0.3) is 0 Å². The van der Waals surface area contributed by atoms with Crippen molar-refractivity contribution in [3.8, 4) is 11.5 Å². The van der Waals surface area contributed by atoms with Crippen LogP contribution >= 0.6 is 0 Å². The van der Waals surface area contributed by atoms with Gasteiger partial charge < -0.3 is 19.7 Å². The van der Waals surface area contributed by atoms with Crippen LogP contribution in [-0.2, 0) is 4.79 Å². The van der Waals surface area contributed by atoms with Gasteiger partial charge in [-0.25, -0.2) is 0 Å². The van der Waals surface area contributed by atoms with Crippen LogP contribution in [0.3, 0.4) is 0 Å². The Balaban J connectivity index is 1.52.